The van der Waals surface area contributed by atoms with Gasteiger partial charge in [0.2, 0.25) is 5.91 Å². The number of likely N-dealkylation sites (N-methyl/N-ethyl adjacent to an activating group) is 1. The third-order valence-corrected chi connectivity index (χ3v) is 1.04. The normalized spacial score (nSPS) is 8.10. The topological polar surface area (TPSA) is 20.3 Å². The van der Waals surface area contributed by atoms with Gasteiger partial charge in [0, 0.05) is 12.6 Å². The molecule has 0 aliphatic rings. The molecule has 2 nitrogen and oxygen atoms in total. The van der Waals surface area contributed by atoms with E-state index in [4.69, 9.17) is 6.42 Å². The lowest BCUT2D eigenvalue weighted by atomic mass is 10.3. The molecule has 0 saturated heterocycles. The zero-order valence-corrected chi connectivity index (χ0v) is 6.35. The zero-order valence-electron chi connectivity index (χ0n) is 6.35. The molecular formula is C8H11NO. The van der Waals surface area contributed by atoms with Gasteiger partial charge in [-0.1, -0.05) is 12.5 Å². The van der Waals surface area contributed by atoms with Gasteiger partial charge in [-0.2, -0.15) is 0 Å². The van der Waals surface area contributed by atoms with E-state index in [0.717, 1.165) is 0 Å². The van der Waals surface area contributed by atoms with Crippen LogP contribution >= 0.6 is 0 Å². The number of carbonyl (C=O) groups excluding carboxylic acids is 1. The summed E-state index contributed by atoms with van der Waals surface area (Å²) < 4.78 is 0. The predicted molar refractivity (Wildman–Crippen MR) is 41.3 cm³/mol. The fourth-order valence-electron chi connectivity index (χ4n) is 0.535. The van der Waals surface area contributed by atoms with Crippen molar-refractivity contribution in [3.63, 3.8) is 0 Å². The van der Waals surface area contributed by atoms with Crippen molar-refractivity contribution in [1.29, 1.82) is 0 Å². The third kappa shape index (κ3) is 2.36. The van der Waals surface area contributed by atoms with Gasteiger partial charge in [0.05, 0.1) is 6.54 Å². The highest BCUT2D eigenvalue weighted by molar-refractivity contribution is 5.92. The van der Waals surface area contributed by atoms with Crippen LogP contribution in [0.3, 0.4) is 0 Å². The molecule has 2 heteroatoms. The molecular weight excluding hydrogens is 126 g/mol. The van der Waals surface area contributed by atoms with Crippen LogP contribution in [-0.4, -0.2) is 24.4 Å². The lowest BCUT2D eigenvalue weighted by molar-refractivity contribution is -0.125. The van der Waals surface area contributed by atoms with Gasteiger partial charge in [-0.3, -0.25) is 4.79 Å². The average Bonchev–Trinajstić information content (AvgIpc) is 1.87. The number of amides is 1. The van der Waals surface area contributed by atoms with Crippen molar-refractivity contribution in [1.82, 2.24) is 4.90 Å². The molecule has 0 rings (SSSR count). The SMILES string of the molecule is C#CCN(C)C(=O)C(=C)C. The highest BCUT2D eigenvalue weighted by Crippen LogP contribution is 1.93. The molecule has 10 heavy (non-hydrogen) atoms. The van der Waals surface area contributed by atoms with Crippen LogP contribution in [0.25, 0.3) is 0 Å². The number of hydrogen-bond acceptors (Lipinski definition) is 1. The second-order valence-corrected chi connectivity index (χ2v) is 2.15. The zero-order chi connectivity index (χ0) is 8.15. The molecule has 0 aromatic rings. The third-order valence-electron chi connectivity index (χ3n) is 1.04. The molecule has 0 spiro atoms. The smallest absolute Gasteiger partial charge is 0.249 e. The van der Waals surface area contributed by atoms with E-state index in [0.29, 0.717) is 12.1 Å². The summed E-state index contributed by atoms with van der Waals surface area (Å²) in [6, 6.07) is 0. The molecule has 0 radical (unpaired) electrons. The Hall–Kier alpha value is -1.23. The molecule has 0 aromatic heterocycles. The van der Waals surface area contributed by atoms with E-state index >= 15 is 0 Å². The van der Waals surface area contributed by atoms with Gasteiger partial charge in [-0.05, 0) is 6.92 Å². The average molecular weight is 137 g/mol. The Balaban J connectivity index is 3.98. The summed E-state index contributed by atoms with van der Waals surface area (Å²) in [5, 5.41) is 0. The van der Waals surface area contributed by atoms with Crippen LogP contribution in [0.1, 0.15) is 6.92 Å². The van der Waals surface area contributed by atoms with Crippen LogP contribution in [0, 0.1) is 12.3 Å². The van der Waals surface area contributed by atoms with Crippen LogP contribution < -0.4 is 0 Å². The first-order valence-electron chi connectivity index (χ1n) is 2.94. The number of nitrogens with zero attached hydrogens (tertiary/aromatic N) is 1. The summed E-state index contributed by atoms with van der Waals surface area (Å²) in [4.78, 5) is 12.4. The van der Waals surface area contributed by atoms with Gasteiger partial charge in [0.1, 0.15) is 0 Å². The Morgan fingerprint density at radius 3 is 2.60 bits per heavy atom. The molecule has 0 N–H and O–H groups in total. The summed E-state index contributed by atoms with van der Waals surface area (Å²) >= 11 is 0. The number of rotatable bonds is 2. The number of terminal acetylenes is 1. The van der Waals surface area contributed by atoms with E-state index in [-0.39, 0.29) is 5.91 Å². The molecule has 0 saturated carbocycles. The molecule has 0 heterocycles. The van der Waals surface area contributed by atoms with Gasteiger partial charge in [-0.15, -0.1) is 6.42 Å². The number of hydrogen-bond donors (Lipinski definition) is 0. The highest BCUT2D eigenvalue weighted by atomic mass is 16.2. The largest absolute Gasteiger partial charge is 0.331 e. The Bertz CT molecular complexity index is 188. The summed E-state index contributed by atoms with van der Waals surface area (Å²) in [5.41, 5.74) is 0.512. The minimum absolute atomic E-state index is 0.0991. The second-order valence-electron chi connectivity index (χ2n) is 2.15. The maximum absolute atomic E-state index is 11.0. The van der Waals surface area contributed by atoms with Crippen LogP contribution in [0.4, 0.5) is 0 Å². The van der Waals surface area contributed by atoms with E-state index in [1.165, 1.54) is 4.90 Å². The van der Waals surface area contributed by atoms with Crippen molar-refractivity contribution in [3.05, 3.63) is 12.2 Å². The van der Waals surface area contributed by atoms with E-state index < -0.39 is 0 Å². The molecule has 0 unspecified atom stereocenters. The van der Waals surface area contributed by atoms with Crippen LogP contribution in [-0.2, 0) is 4.79 Å². The van der Waals surface area contributed by atoms with Crippen molar-refractivity contribution in [2.45, 2.75) is 6.92 Å². The van der Waals surface area contributed by atoms with E-state index in [2.05, 4.69) is 12.5 Å². The summed E-state index contributed by atoms with van der Waals surface area (Å²) in [6.45, 7) is 5.50. The monoisotopic (exact) mass is 137 g/mol. The fraction of sp³-hybridized carbons (Fsp3) is 0.375. The Labute approximate surface area is 61.5 Å². The Morgan fingerprint density at radius 2 is 2.30 bits per heavy atom. The van der Waals surface area contributed by atoms with Gasteiger partial charge in [0.15, 0.2) is 0 Å². The van der Waals surface area contributed by atoms with Crippen molar-refractivity contribution in [2.75, 3.05) is 13.6 Å². The summed E-state index contributed by atoms with van der Waals surface area (Å²) in [5.74, 6) is 2.27. The van der Waals surface area contributed by atoms with Crippen molar-refractivity contribution >= 4 is 5.91 Å². The van der Waals surface area contributed by atoms with Crippen molar-refractivity contribution < 1.29 is 4.79 Å². The van der Waals surface area contributed by atoms with Gasteiger partial charge < -0.3 is 4.90 Å². The van der Waals surface area contributed by atoms with Crippen molar-refractivity contribution in [3.8, 4) is 12.3 Å². The molecule has 0 atom stereocenters. The van der Waals surface area contributed by atoms with Crippen LogP contribution in [0.2, 0.25) is 0 Å². The fourth-order valence-corrected chi connectivity index (χ4v) is 0.535. The maximum atomic E-state index is 11.0. The minimum Gasteiger partial charge on any atom is -0.331 e. The molecule has 0 aromatic carbocycles. The Morgan fingerprint density at radius 1 is 1.80 bits per heavy atom. The van der Waals surface area contributed by atoms with E-state index in [9.17, 15) is 4.79 Å². The standard InChI is InChI=1S/C8H11NO/c1-5-6-9(4)8(10)7(2)3/h1H,2,6H2,3-4H3. The lowest BCUT2D eigenvalue weighted by Gasteiger charge is -2.12. The first-order valence-corrected chi connectivity index (χ1v) is 2.94. The van der Waals surface area contributed by atoms with Crippen LogP contribution in [0.15, 0.2) is 12.2 Å². The Kier molecular flexibility index (Phi) is 3.27. The maximum Gasteiger partial charge on any atom is 0.249 e. The number of carbonyl (C=O) groups is 1. The van der Waals surface area contributed by atoms with E-state index in [1.807, 2.05) is 0 Å². The molecule has 0 fully saturated rings. The van der Waals surface area contributed by atoms with Crippen LogP contribution in [0.5, 0.6) is 0 Å². The molecule has 0 aliphatic carbocycles. The molecule has 54 valence electrons. The highest BCUT2D eigenvalue weighted by Gasteiger charge is 2.05. The summed E-state index contributed by atoms with van der Waals surface area (Å²) in [6.07, 6.45) is 4.99. The first kappa shape index (κ1) is 8.77. The van der Waals surface area contributed by atoms with Gasteiger partial charge in [-0.25, -0.2) is 0 Å². The van der Waals surface area contributed by atoms with Gasteiger partial charge >= 0.3 is 0 Å². The molecule has 0 aliphatic heterocycles. The van der Waals surface area contributed by atoms with Gasteiger partial charge in [0.25, 0.3) is 0 Å². The molecule has 1 amide bonds. The quantitative estimate of drug-likeness (QED) is 0.404. The second kappa shape index (κ2) is 3.73. The minimum atomic E-state index is -0.0991. The molecule has 0 bridgehead atoms. The van der Waals surface area contributed by atoms with Crippen molar-refractivity contribution in [2.24, 2.45) is 0 Å². The first-order chi connectivity index (χ1) is 4.59. The predicted octanol–water partition coefficient (Wildman–Crippen LogP) is 0.654. The lowest BCUT2D eigenvalue weighted by Crippen LogP contribution is -2.27. The van der Waals surface area contributed by atoms with E-state index in [1.54, 1.807) is 14.0 Å². The summed E-state index contributed by atoms with van der Waals surface area (Å²) in [7, 11) is 1.65.